The van der Waals surface area contributed by atoms with Gasteiger partial charge in [-0.1, -0.05) is 32.0 Å². The molecule has 1 N–H and O–H groups in total. The summed E-state index contributed by atoms with van der Waals surface area (Å²) >= 11 is 0. The average molecular weight is 255 g/mol. The van der Waals surface area contributed by atoms with Gasteiger partial charge in [-0.2, -0.15) is 5.10 Å². The lowest BCUT2D eigenvalue weighted by atomic mass is 10.1. The van der Waals surface area contributed by atoms with E-state index in [1.165, 1.54) is 24.1 Å². The van der Waals surface area contributed by atoms with E-state index in [0.717, 1.165) is 18.3 Å². The zero-order valence-electron chi connectivity index (χ0n) is 11.6. The van der Waals surface area contributed by atoms with Crippen molar-refractivity contribution in [2.24, 2.45) is 0 Å². The van der Waals surface area contributed by atoms with Crippen molar-refractivity contribution in [2.45, 2.75) is 45.2 Å². The van der Waals surface area contributed by atoms with Crippen LogP contribution in [0.5, 0.6) is 0 Å². The standard InChI is InChI=1S/C16H21N3/c1-12(2)15-9-10-19(18-15)16-6-4-3-5-13(16)11-17-14-7-8-14/h3-6,9-10,12,14,17H,7-8,11H2,1-2H3. The van der Waals surface area contributed by atoms with Crippen LogP contribution in [-0.4, -0.2) is 15.8 Å². The van der Waals surface area contributed by atoms with Gasteiger partial charge in [-0.05, 0) is 36.5 Å². The summed E-state index contributed by atoms with van der Waals surface area (Å²) in [6.45, 7) is 5.28. The molecule has 0 unspecified atom stereocenters. The van der Waals surface area contributed by atoms with Gasteiger partial charge in [0.25, 0.3) is 0 Å². The molecule has 2 aromatic rings. The first-order valence-electron chi connectivity index (χ1n) is 7.11. The van der Waals surface area contributed by atoms with Crippen molar-refractivity contribution in [1.29, 1.82) is 0 Å². The Morgan fingerprint density at radius 1 is 1.26 bits per heavy atom. The van der Waals surface area contributed by atoms with Gasteiger partial charge in [-0.3, -0.25) is 0 Å². The van der Waals surface area contributed by atoms with Crippen molar-refractivity contribution in [2.75, 3.05) is 0 Å². The second-order valence-corrected chi connectivity index (χ2v) is 5.62. The van der Waals surface area contributed by atoms with E-state index in [4.69, 9.17) is 0 Å². The number of para-hydroxylation sites is 1. The van der Waals surface area contributed by atoms with Crippen LogP contribution >= 0.6 is 0 Å². The maximum absolute atomic E-state index is 4.67. The Balaban J connectivity index is 1.84. The maximum Gasteiger partial charge on any atom is 0.0690 e. The van der Waals surface area contributed by atoms with Crippen LogP contribution in [0.3, 0.4) is 0 Å². The van der Waals surface area contributed by atoms with Gasteiger partial charge < -0.3 is 5.32 Å². The van der Waals surface area contributed by atoms with Gasteiger partial charge in [0, 0.05) is 18.8 Å². The fourth-order valence-corrected chi connectivity index (χ4v) is 2.21. The van der Waals surface area contributed by atoms with E-state index >= 15 is 0 Å². The molecule has 1 saturated carbocycles. The zero-order chi connectivity index (χ0) is 13.2. The smallest absolute Gasteiger partial charge is 0.0690 e. The third-order valence-corrected chi connectivity index (χ3v) is 3.60. The molecule has 3 heteroatoms. The Bertz CT molecular complexity index is 553. The van der Waals surface area contributed by atoms with E-state index in [2.05, 4.69) is 60.8 Å². The summed E-state index contributed by atoms with van der Waals surface area (Å²) in [4.78, 5) is 0. The second-order valence-electron chi connectivity index (χ2n) is 5.62. The highest BCUT2D eigenvalue weighted by atomic mass is 15.3. The third kappa shape index (κ3) is 2.87. The number of benzene rings is 1. The molecule has 0 radical (unpaired) electrons. The number of nitrogens with one attached hydrogen (secondary N) is 1. The van der Waals surface area contributed by atoms with E-state index in [9.17, 15) is 0 Å². The molecule has 100 valence electrons. The van der Waals surface area contributed by atoms with Crippen molar-refractivity contribution >= 4 is 0 Å². The fraction of sp³-hybridized carbons (Fsp3) is 0.438. The number of hydrogen-bond acceptors (Lipinski definition) is 2. The predicted molar refractivity (Wildman–Crippen MR) is 77.5 cm³/mol. The van der Waals surface area contributed by atoms with Crippen molar-refractivity contribution in [3.63, 3.8) is 0 Å². The van der Waals surface area contributed by atoms with Gasteiger partial charge in [0.1, 0.15) is 0 Å². The Morgan fingerprint density at radius 3 is 2.74 bits per heavy atom. The van der Waals surface area contributed by atoms with Crippen LogP contribution in [0, 0.1) is 0 Å². The Hall–Kier alpha value is -1.61. The molecule has 0 saturated heterocycles. The van der Waals surface area contributed by atoms with Crippen molar-refractivity contribution in [3.8, 4) is 5.69 Å². The molecule has 3 nitrogen and oxygen atoms in total. The van der Waals surface area contributed by atoms with Crippen molar-refractivity contribution in [1.82, 2.24) is 15.1 Å². The SMILES string of the molecule is CC(C)c1ccn(-c2ccccc2CNC2CC2)n1. The van der Waals surface area contributed by atoms with Crippen LogP contribution in [0.2, 0.25) is 0 Å². The molecule has 1 aromatic heterocycles. The molecule has 0 spiro atoms. The summed E-state index contributed by atoms with van der Waals surface area (Å²) in [5.41, 5.74) is 3.64. The summed E-state index contributed by atoms with van der Waals surface area (Å²) in [5.74, 6) is 0.470. The van der Waals surface area contributed by atoms with Crippen molar-refractivity contribution < 1.29 is 0 Å². The minimum absolute atomic E-state index is 0.470. The maximum atomic E-state index is 4.67. The predicted octanol–water partition coefficient (Wildman–Crippen LogP) is 3.25. The quantitative estimate of drug-likeness (QED) is 0.889. The largest absolute Gasteiger partial charge is 0.310 e. The van der Waals surface area contributed by atoms with Crippen LogP contribution in [0.15, 0.2) is 36.5 Å². The van der Waals surface area contributed by atoms with Gasteiger partial charge in [0.2, 0.25) is 0 Å². The minimum Gasteiger partial charge on any atom is -0.310 e. The molecule has 0 atom stereocenters. The molecule has 1 aliphatic rings. The fourth-order valence-electron chi connectivity index (χ4n) is 2.21. The molecule has 0 aliphatic heterocycles. The Labute approximate surface area is 114 Å². The van der Waals surface area contributed by atoms with Gasteiger partial charge >= 0.3 is 0 Å². The Kier molecular flexibility index (Phi) is 3.38. The Morgan fingerprint density at radius 2 is 2.05 bits per heavy atom. The molecule has 1 heterocycles. The molecule has 0 amide bonds. The molecular weight excluding hydrogens is 234 g/mol. The van der Waals surface area contributed by atoms with Crippen LogP contribution in [0.4, 0.5) is 0 Å². The number of aromatic nitrogens is 2. The van der Waals surface area contributed by atoms with Crippen molar-refractivity contribution in [3.05, 3.63) is 47.8 Å². The van der Waals surface area contributed by atoms with Gasteiger partial charge in [-0.25, -0.2) is 4.68 Å². The zero-order valence-corrected chi connectivity index (χ0v) is 11.6. The molecule has 1 aromatic carbocycles. The highest BCUT2D eigenvalue weighted by Crippen LogP contribution is 2.21. The molecular formula is C16H21N3. The van der Waals surface area contributed by atoms with Crippen LogP contribution in [-0.2, 0) is 6.54 Å². The summed E-state index contributed by atoms with van der Waals surface area (Å²) in [6, 6.07) is 11.3. The van der Waals surface area contributed by atoms with E-state index in [1.54, 1.807) is 0 Å². The van der Waals surface area contributed by atoms with E-state index in [-0.39, 0.29) is 0 Å². The van der Waals surface area contributed by atoms with Crippen LogP contribution in [0.25, 0.3) is 5.69 Å². The number of nitrogens with zero attached hydrogens (tertiary/aromatic N) is 2. The van der Waals surface area contributed by atoms with E-state index < -0.39 is 0 Å². The van der Waals surface area contributed by atoms with Crippen LogP contribution < -0.4 is 5.32 Å². The number of hydrogen-bond donors (Lipinski definition) is 1. The topological polar surface area (TPSA) is 29.9 Å². The monoisotopic (exact) mass is 255 g/mol. The van der Waals surface area contributed by atoms with Gasteiger partial charge in [0.05, 0.1) is 11.4 Å². The highest BCUT2D eigenvalue weighted by molar-refractivity contribution is 5.40. The summed E-state index contributed by atoms with van der Waals surface area (Å²) in [6.07, 6.45) is 4.70. The lowest BCUT2D eigenvalue weighted by Gasteiger charge is -2.10. The van der Waals surface area contributed by atoms with Crippen LogP contribution in [0.1, 0.15) is 43.9 Å². The van der Waals surface area contributed by atoms with E-state index in [0.29, 0.717) is 5.92 Å². The third-order valence-electron chi connectivity index (χ3n) is 3.60. The molecule has 3 rings (SSSR count). The molecule has 19 heavy (non-hydrogen) atoms. The summed E-state index contributed by atoms with van der Waals surface area (Å²) < 4.78 is 2.00. The average Bonchev–Trinajstić information content (AvgIpc) is 3.11. The summed E-state index contributed by atoms with van der Waals surface area (Å²) in [7, 11) is 0. The minimum atomic E-state index is 0.470. The second kappa shape index (κ2) is 5.17. The lowest BCUT2D eigenvalue weighted by molar-refractivity contribution is 0.679. The summed E-state index contributed by atoms with van der Waals surface area (Å²) in [5, 5.41) is 8.24. The number of rotatable bonds is 5. The molecule has 1 fully saturated rings. The van der Waals surface area contributed by atoms with Gasteiger partial charge in [0.15, 0.2) is 0 Å². The highest BCUT2D eigenvalue weighted by Gasteiger charge is 2.20. The van der Waals surface area contributed by atoms with Gasteiger partial charge in [-0.15, -0.1) is 0 Å². The molecule has 1 aliphatic carbocycles. The lowest BCUT2D eigenvalue weighted by Crippen LogP contribution is -2.17. The first-order chi connectivity index (χ1) is 9.24. The van der Waals surface area contributed by atoms with E-state index in [1.807, 2.05) is 4.68 Å². The normalized spacial score (nSPS) is 15.1. The molecule has 0 bridgehead atoms. The first-order valence-corrected chi connectivity index (χ1v) is 7.11. The first kappa shape index (κ1) is 12.4.